The van der Waals surface area contributed by atoms with Crippen molar-refractivity contribution < 1.29 is 9.53 Å². The largest absolute Gasteiger partial charge is 0.483 e. The Bertz CT molecular complexity index is 989. The maximum atomic E-state index is 12.3. The summed E-state index contributed by atoms with van der Waals surface area (Å²) in [7, 11) is 2.05. The van der Waals surface area contributed by atoms with Gasteiger partial charge in [0.25, 0.3) is 5.91 Å². The van der Waals surface area contributed by atoms with Crippen molar-refractivity contribution in [3.63, 3.8) is 0 Å². The topological polar surface area (TPSA) is 59.4 Å². The van der Waals surface area contributed by atoms with E-state index in [1.54, 1.807) is 0 Å². The molecule has 1 fully saturated rings. The molecule has 3 aromatic rings. The van der Waals surface area contributed by atoms with E-state index in [1.165, 1.54) is 12.8 Å². The van der Waals surface area contributed by atoms with E-state index >= 15 is 0 Å². The van der Waals surface area contributed by atoms with Crippen LogP contribution in [0.4, 0.5) is 5.69 Å². The molecule has 0 unspecified atom stereocenters. The number of para-hydroxylation sites is 1. The predicted molar refractivity (Wildman–Crippen MR) is 111 cm³/mol. The van der Waals surface area contributed by atoms with E-state index in [0.29, 0.717) is 0 Å². The van der Waals surface area contributed by atoms with E-state index in [0.717, 1.165) is 53.5 Å². The van der Waals surface area contributed by atoms with Gasteiger partial charge in [0.1, 0.15) is 11.6 Å². The summed E-state index contributed by atoms with van der Waals surface area (Å²) in [5.74, 6) is 1.60. The number of aryl methyl sites for hydroxylation is 2. The summed E-state index contributed by atoms with van der Waals surface area (Å²) in [6.07, 6.45) is 2.54. The van der Waals surface area contributed by atoms with Crippen molar-refractivity contribution in [3.8, 4) is 5.75 Å². The Morgan fingerprint density at radius 2 is 1.96 bits per heavy atom. The van der Waals surface area contributed by atoms with Crippen LogP contribution in [0.5, 0.6) is 5.75 Å². The Hall–Kier alpha value is -2.86. The Labute approximate surface area is 165 Å². The molecule has 2 aromatic carbocycles. The second-order valence-electron chi connectivity index (χ2n) is 7.38. The van der Waals surface area contributed by atoms with Crippen LogP contribution >= 0.6 is 0 Å². The number of anilines is 1. The fraction of sp³-hybridized carbons (Fsp3) is 0.364. The number of likely N-dealkylation sites (tertiary alicyclic amines) is 1. The van der Waals surface area contributed by atoms with Crippen molar-refractivity contribution in [1.29, 1.82) is 0 Å². The van der Waals surface area contributed by atoms with Crippen molar-refractivity contribution in [3.05, 3.63) is 53.9 Å². The summed E-state index contributed by atoms with van der Waals surface area (Å²) >= 11 is 0. The molecule has 1 amide bonds. The first kappa shape index (κ1) is 18.5. The maximum absolute atomic E-state index is 12.3. The lowest BCUT2D eigenvalue weighted by molar-refractivity contribution is -0.118. The molecule has 0 atom stereocenters. The van der Waals surface area contributed by atoms with Gasteiger partial charge >= 0.3 is 0 Å². The zero-order valence-electron chi connectivity index (χ0n) is 16.4. The van der Waals surface area contributed by atoms with Gasteiger partial charge < -0.3 is 14.6 Å². The van der Waals surface area contributed by atoms with Gasteiger partial charge in [-0.1, -0.05) is 18.2 Å². The van der Waals surface area contributed by atoms with Gasteiger partial charge in [-0.25, -0.2) is 4.98 Å². The summed E-state index contributed by atoms with van der Waals surface area (Å²) in [4.78, 5) is 19.5. The molecule has 1 N–H and O–H groups in total. The Morgan fingerprint density at radius 3 is 2.75 bits per heavy atom. The SMILES string of the molecule is Cc1ccccc1OCC(=O)Nc1ccc2c(c1)nc(CN1CCCC1)n2C. The first-order chi connectivity index (χ1) is 13.6. The number of imidazole rings is 1. The van der Waals surface area contributed by atoms with E-state index in [4.69, 9.17) is 9.72 Å². The lowest BCUT2D eigenvalue weighted by Gasteiger charge is -2.13. The van der Waals surface area contributed by atoms with Crippen LogP contribution in [0.2, 0.25) is 0 Å². The molecular weight excluding hydrogens is 352 g/mol. The van der Waals surface area contributed by atoms with E-state index in [1.807, 2.05) is 49.4 Å². The molecule has 4 rings (SSSR count). The lowest BCUT2D eigenvalue weighted by atomic mass is 10.2. The van der Waals surface area contributed by atoms with Crippen LogP contribution in [0, 0.1) is 6.92 Å². The van der Waals surface area contributed by atoms with Crippen molar-refractivity contribution in [2.24, 2.45) is 7.05 Å². The van der Waals surface area contributed by atoms with Gasteiger partial charge in [0.05, 0.1) is 17.6 Å². The van der Waals surface area contributed by atoms with E-state index in [2.05, 4.69) is 21.8 Å². The average Bonchev–Trinajstić information content (AvgIpc) is 3.30. The van der Waals surface area contributed by atoms with Gasteiger partial charge in [0, 0.05) is 12.7 Å². The minimum absolute atomic E-state index is 0.0225. The molecule has 28 heavy (non-hydrogen) atoms. The molecule has 6 nitrogen and oxygen atoms in total. The number of fused-ring (bicyclic) bond motifs is 1. The number of ether oxygens (including phenoxy) is 1. The van der Waals surface area contributed by atoms with Crippen molar-refractivity contribution in [2.75, 3.05) is 25.0 Å². The van der Waals surface area contributed by atoms with Crippen molar-refractivity contribution >= 4 is 22.6 Å². The number of carbonyl (C=O) groups is 1. The van der Waals surface area contributed by atoms with E-state index in [-0.39, 0.29) is 12.5 Å². The first-order valence-corrected chi connectivity index (χ1v) is 9.76. The Balaban J connectivity index is 1.42. The average molecular weight is 378 g/mol. The third-order valence-electron chi connectivity index (χ3n) is 5.27. The highest BCUT2D eigenvalue weighted by atomic mass is 16.5. The molecule has 0 aliphatic carbocycles. The van der Waals surface area contributed by atoms with Crippen LogP contribution in [-0.2, 0) is 18.4 Å². The predicted octanol–water partition coefficient (Wildman–Crippen LogP) is 3.50. The van der Waals surface area contributed by atoms with Crippen LogP contribution in [-0.4, -0.2) is 40.1 Å². The van der Waals surface area contributed by atoms with Crippen molar-refractivity contribution in [2.45, 2.75) is 26.3 Å². The van der Waals surface area contributed by atoms with Gasteiger partial charge in [-0.2, -0.15) is 0 Å². The zero-order chi connectivity index (χ0) is 19.5. The summed E-state index contributed by atoms with van der Waals surface area (Å²) in [5, 5.41) is 2.90. The van der Waals surface area contributed by atoms with E-state index in [9.17, 15) is 4.79 Å². The molecule has 1 aliphatic rings. The van der Waals surface area contributed by atoms with Crippen LogP contribution in [0.3, 0.4) is 0 Å². The Morgan fingerprint density at radius 1 is 1.18 bits per heavy atom. The summed E-state index contributed by atoms with van der Waals surface area (Å²) in [6.45, 7) is 5.10. The second kappa shape index (κ2) is 8.02. The number of amides is 1. The molecular formula is C22H26N4O2. The normalized spacial score (nSPS) is 14.5. The molecule has 0 radical (unpaired) electrons. The molecule has 146 valence electrons. The van der Waals surface area contributed by atoms with Crippen LogP contribution < -0.4 is 10.1 Å². The number of aromatic nitrogens is 2. The Kier molecular flexibility index (Phi) is 5.30. The van der Waals surface area contributed by atoms with E-state index < -0.39 is 0 Å². The molecule has 0 bridgehead atoms. The van der Waals surface area contributed by atoms with Crippen LogP contribution in [0.1, 0.15) is 24.2 Å². The van der Waals surface area contributed by atoms with Gasteiger partial charge in [-0.3, -0.25) is 9.69 Å². The quantitative estimate of drug-likeness (QED) is 0.713. The first-order valence-electron chi connectivity index (χ1n) is 9.76. The van der Waals surface area contributed by atoms with Gasteiger partial charge in [0.2, 0.25) is 0 Å². The highest BCUT2D eigenvalue weighted by Crippen LogP contribution is 2.22. The molecule has 6 heteroatoms. The summed E-state index contributed by atoms with van der Waals surface area (Å²) < 4.78 is 7.76. The molecule has 1 aromatic heterocycles. The van der Waals surface area contributed by atoms with Crippen LogP contribution in [0.25, 0.3) is 11.0 Å². The number of benzene rings is 2. The second-order valence-corrected chi connectivity index (χ2v) is 7.38. The number of hydrogen-bond acceptors (Lipinski definition) is 4. The fourth-order valence-corrected chi connectivity index (χ4v) is 3.67. The minimum atomic E-state index is -0.184. The standard InChI is InChI=1S/C22H26N4O2/c1-16-7-3-4-8-20(16)28-15-22(27)23-17-9-10-19-18(13-17)24-21(25(19)2)14-26-11-5-6-12-26/h3-4,7-10,13H,5-6,11-12,14-15H2,1-2H3,(H,23,27). The minimum Gasteiger partial charge on any atom is -0.483 e. The molecule has 2 heterocycles. The third-order valence-corrected chi connectivity index (χ3v) is 5.27. The lowest BCUT2D eigenvalue weighted by Crippen LogP contribution is -2.20. The zero-order valence-corrected chi connectivity index (χ0v) is 16.4. The highest BCUT2D eigenvalue weighted by molar-refractivity contribution is 5.94. The number of nitrogens with zero attached hydrogens (tertiary/aromatic N) is 3. The molecule has 0 spiro atoms. The number of rotatable bonds is 6. The number of carbonyl (C=O) groups excluding carboxylic acids is 1. The number of hydrogen-bond donors (Lipinski definition) is 1. The maximum Gasteiger partial charge on any atom is 0.262 e. The highest BCUT2D eigenvalue weighted by Gasteiger charge is 2.16. The summed E-state index contributed by atoms with van der Waals surface area (Å²) in [5.41, 5.74) is 3.71. The van der Waals surface area contributed by atoms with Gasteiger partial charge in [0.15, 0.2) is 6.61 Å². The van der Waals surface area contributed by atoms with Gasteiger partial charge in [-0.15, -0.1) is 0 Å². The number of nitrogens with one attached hydrogen (secondary N) is 1. The fourth-order valence-electron chi connectivity index (χ4n) is 3.67. The monoisotopic (exact) mass is 378 g/mol. The molecule has 1 aliphatic heterocycles. The molecule has 0 saturated carbocycles. The smallest absolute Gasteiger partial charge is 0.262 e. The van der Waals surface area contributed by atoms with Crippen molar-refractivity contribution in [1.82, 2.24) is 14.5 Å². The summed E-state index contributed by atoms with van der Waals surface area (Å²) in [6, 6.07) is 13.5. The van der Waals surface area contributed by atoms with Gasteiger partial charge in [-0.05, 0) is 62.7 Å². The third kappa shape index (κ3) is 4.02. The van der Waals surface area contributed by atoms with Crippen LogP contribution in [0.15, 0.2) is 42.5 Å². The molecule has 1 saturated heterocycles.